The van der Waals surface area contributed by atoms with Crippen LogP contribution >= 0.6 is 11.6 Å². The van der Waals surface area contributed by atoms with Crippen molar-refractivity contribution in [3.05, 3.63) is 41.7 Å². The van der Waals surface area contributed by atoms with Gasteiger partial charge in [-0.05, 0) is 24.3 Å². The van der Waals surface area contributed by atoms with Gasteiger partial charge in [-0.2, -0.15) is 10.1 Å². The number of pyridine rings is 1. The average molecular weight is 369 g/mol. The van der Waals surface area contributed by atoms with Crippen LogP contribution in [0.15, 0.2) is 36.7 Å². The number of aromatic amines is 1. The van der Waals surface area contributed by atoms with Gasteiger partial charge in [0.15, 0.2) is 5.82 Å². The van der Waals surface area contributed by atoms with Crippen LogP contribution in [0, 0.1) is 0 Å². The Morgan fingerprint density at radius 3 is 2.73 bits per heavy atom. The number of H-pyrrole nitrogens is 1. The highest BCUT2D eigenvalue weighted by Gasteiger charge is 2.13. The van der Waals surface area contributed by atoms with Gasteiger partial charge in [-0.15, -0.1) is 5.10 Å². The van der Waals surface area contributed by atoms with Gasteiger partial charge in [0.2, 0.25) is 5.95 Å². The Labute approximate surface area is 154 Å². The number of aryl methyl sites for hydroxylation is 1. The fourth-order valence-corrected chi connectivity index (χ4v) is 2.86. The van der Waals surface area contributed by atoms with Crippen LogP contribution in [0.3, 0.4) is 0 Å². The van der Waals surface area contributed by atoms with Crippen molar-refractivity contribution in [1.29, 1.82) is 0 Å². The summed E-state index contributed by atoms with van der Waals surface area (Å²) in [6.07, 6.45) is 3.46. The minimum atomic E-state index is 0.581. The molecule has 3 heterocycles. The van der Waals surface area contributed by atoms with Gasteiger partial charge >= 0.3 is 0 Å². The molecule has 0 aliphatic heterocycles. The predicted molar refractivity (Wildman–Crippen MR) is 103 cm³/mol. The number of aromatic nitrogens is 6. The van der Waals surface area contributed by atoms with Gasteiger partial charge in [0.25, 0.3) is 0 Å². The molecule has 0 fully saturated rings. The van der Waals surface area contributed by atoms with Gasteiger partial charge in [0.1, 0.15) is 5.82 Å². The van der Waals surface area contributed by atoms with E-state index in [2.05, 4.69) is 30.6 Å². The number of hydrogen-bond acceptors (Lipinski definition) is 6. The monoisotopic (exact) mass is 368 g/mol. The van der Waals surface area contributed by atoms with Gasteiger partial charge in [0.05, 0.1) is 22.4 Å². The lowest BCUT2D eigenvalue weighted by molar-refractivity contribution is 0.778. The molecule has 1 aromatic carbocycles. The molecule has 0 spiro atoms. The third-order valence-electron chi connectivity index (χ3n) is 4.03. The summed E-state index contributed by atoms with van der Waals surface area (Å²) in [5.41, 5.74) is 2.46. The number of rotatable bonds is 4. The van der Waals surface area contributed by atoms with Crippen molar-refractivity contribution in [2.45, 2.75) is 0 Å². The van der Waals surface area contributed by atoms with Gasteiger partial charge in [-0.3, -0.25) is 5.10 Å². The smallest absolute Gasteiger partial charge is 0.225 e. The molecule has 0 radical (unpaired) electrons. The zero-order chi connectivity index (χ0) is 18.3. The van der Waals surface area contributed by atoms with Crippen molar-refractivity contribution < 1.29 is 0 Å². The molecule has 26 heavy (non-hydrogen) atoms. The Morgan fingerprint density at radius 2 is 2.00 bits per heavy atom. The van der Waals surface area contributed by atoms with Crippen LogP contribution in [0.1, 0.15) is 0 Å². The highest BCUT2D eigenvalue weighted by atomic mass is 35.5. The second-order valence-electron chi connectivity index (χ2n) is 6.07. The highest BCUT2D eigenvalue weighted by Crippen LogP contribution is 2.32. The number of hydrogen-bond donors (Lipinski definition) is 2. The molecule has 132 valence electrons. The normalized spacial score (nSPS) is 11.1. The van der Waals surface area contributed by atoms with E-state index in [9.17, 15) is 0 Å². The fourth-order valence-electron chi connectivity index (χ4n) is 2.60. The number of anilines is 3. The number of benzene rings is 1. The molecule has 9 heteroatoms. The first-order chi connectivity index (χ1) is 12.5. The molecule has 0 bridgehead atoms. The summed E-state index contributed by atoms with van der Waals surface area (Å²) >= 11 is 6.46. The third-order valence-corrected chi connectivity index (χ3v) is 4.44. The molecular weight excluding hydrogens is 352 g/mol. The molecule has 0 amide bonds. The largest absolute Gasteiger partial charge is 0.363 e. The van der Waals surface area contributed by atoms with Crippen LogP contribution in [0.5, 0.6) is 0 Å². The Bertz CT molecular complexity index is 1060. The summed E-state index contributed by atoms with van der Waals surface area (Å²) in [5.74, 6) is 2.05. The van der Waals surface area contributed by atoms with Crippen LogP contribution in [-0.4, -0.2) is 44.0 Å². The molecule has 8 nitrogen and oxygen atoms in total. The van der Waals surface area contributed by atoms with Crippen LogP contribution < -0.4 is 10.2 Å². The van der Waals surface area contributed by atoms with E-state index in [-0.39, 0.29) is 0 Å². The van der Waals surface area contributed by atoms with Gasteiger partial charge < -0.3 is 10.2 Å². The summed E-state index contributed by atoms with van der Waals surface area (Å²) in [7, 11) is 5.72. The van der Waals surface area contributed by atoms with E-state index in [1.54, 1.807) is 17.1 Å². The molecule has 4 rings (SSSR count). The predicted octanol–water partition coefficient (Wildman–Crippen LogP) is 3.22. The molecule has 0 aliphatic carbocycles. The minimum absolute atomic E-state index is 0.581. The number of nitrogens with zero attached hydrogens (tertiary/aromatic N) is 6. The molecular formula is C17H17ClN8. The summed E-state index contributed by atoms with van der Waals surface area (Å²) in [6, 6.07) is 7.68. The van der Waals surface area contributed by atoms with Crippen molar-refractivity contribution >= 4 is 40.0 Å². The van der Waals surface area contributed by atoms with Crippen molar-refractivity contribution in [2.24, 2.45) is 7.05 Å². The molecule has 4 aromatic rings. The van der Waals surface area contributed by atoms with Gasteiger partial charge in [0, 0.05) is 38.3 Å². The molecule has 0 atom stereocenters. The Kier molecular flexibility index (Phi) is 3.96. The molecule has 2 N–H and O–H groups in total. The summed E-state index contributed by atoms with van der Waals surface area (Å²) in [5, 5.41) is 16.0. The lowest BCUT2D eigenvalue weighted by atomic mass is 10.2. The average Bonchev–Trinajstić information content (AvgIpc) is 3.25. The van der Waals surface area contributed by atoms with Crippen LogP contribution in [0.2, 0.25) is 5.02 Å². The second kappa shape index (κ2) is 6.30. The number of nitrogens with one attached hydrogen (secondary N) is 2. The first kappa shape index (κ1) is 16.3. The van der Waals surface area contributed by atoms with Crippen molar-refractivity contribution in [1.82, 2.24) is 29.9 Å². The van der Waals surface area contributed by atoms with Crippen LogP contribution in [0.4, 0.5) is 17.5 Å². The molecule has 0 aliphatic rings. The number of fused-ring (bicyclic) bond motifs is 1. The summed E-state index contributed by atoms with van der Waals surface area (Å²) in [6.45, 7) is 0. The highest BCUT2D eigenvalue weighted by molar-refractivity contribution is 6.38. The fraction of sp³-hybridized carbons (Fsp3) is 0.176. The van der Waals surface area contributed by atoms with Crippen molar-refractivity contribution in [3.8, 4) is 11.4 Å². The van der Waals surface area contributed by atoms with Crippen LogP contribution in [0.25, 0.3) is 22.3 Å². The van der Waals surface area contributed by atoms with Crippen molar-refractivity contribution in [2.75, 3.05) is 24.3 Å². The maximum atomic E-state index is 6.46. The zero-order valence-corrected chi connectivity index (χ0v) is 15.3. The van der Waals surface area contributed by atoms with E-state index in [0.717, 1.165) is 28.0 Å². The van der Waals surface area contributed by atoms with E-state index >= 15 is 0 Å². The lowest BCUT2D eigenvalue weighted by Crippen LogP contribution is -2.10. The Balaban J connectivity index is 1.64. The lowest BCUT2D eigenvalue weighted by Gasteiger charge is -2.10. The Morgan fingerprint density at radius 1 is 1.15 bits per heavy atom. The van der Waals surface area contributed by atoms with Gasteiger partial charge in [-0.25, -0.2) is 9.67 Å². The SMILES string of the molecule is CN(C)c1ccc(-c2nc(Nc3ccc4[nH]ncc4c3Cl)n(C)n2)cn1. The van der Waals surface area contributed by atoms with Crippen molar-refractivity contribution in [3.63, 3.8) is 0 Å². The van der Waals surface area contributed by atoms with Crippen LogP contribution in [-0.2, 0) is 7.05 Å². The molecule has 0 saturated carbocycles. The summed E-state index contributed by atoms with van der Waals surface area (Å²) < 4.78 is 1.67. The minimum Gasteiger partial charge on any atom is -0.363 e. The van der Waals surface area contributed by atoms with E-state index in [1.807, 2.05) is 50.3 Å². The van der Waals surface area contributed by atoms with E-state index in [4.69, 9.17) is 11.6 Å². The zero-order valence-electron chi connectivity index (χ0n) is 14.5. The van der Waals surface area contributed by atoms with E-state index in [0.29, 0.717) is 16.8 Å². The maximum Gasteiger partial charge on any atom is 0.225 e. The topological polar surface area (TPSA) is 87.5 Å². The Hall–Kier alpha value is -3.13. The molecule has 3 aromatic heterocycles. The summed E-state index contributed by atoms with van der Waals surface area (Å²) in [4.78, 5) is 10.9. The van der Waals surface area contributed by atoms with E-state index < -0.39 is 0 Å². The van der Waals surface area contributed by atoms with E-state index in [1.165, 1.54) is 0 Å². The maximum absolute atomic E-state index is 6.46. The molecule has 0 unspecified atom stereocenters. The quantitative estimate of drug-likeness (QED) is 0.575. The first-order valence-electron chi connectivity index (χ1n) is 7.96. The standard InChI is InChI=1S/C17H17ClN8/c1-25(2)14-7-4-10(8-19-14)16-22-17(26(3)24-16)21-13-6-5-12-11(15(13)18)9-20-23-12/h4-9H,1-3H3,(H,20,23)(H,21,22,24). The second-order valence-corrected chi connectivity index (χ2v) is 6.44. The van der Waals surface area contributed by atoms with Gasteiger partial charge in [-0.1, -0.05) is 11.6 Å². The molecule has 0 saturated heterocycles. The first-order valence-corrected chi connectivity index (χ1v) is 8.34. The third kappa shape index (κ3) is 2.84. The number of halogens is 1.